The summed E-state index contributed by atoms with van der Waals surface area (Å²) < 4.78 is 0. The molecule has 1 heterocycles. The molecule has 1 saturated heterocycles. The topological polar surface area (TPSA) is 37.4 Å². The van der Waals surface area contributed by atoms with E-state index in [9.17, 15) is 9.59 Å². The molecule has 2 amide bonds. The van der Waals surface area contributed by atoms with E-state index in [4.69, 9.17) is 11.6 Å². The lowest BCUT2D eigenvalue weighted by Crippen LogP contribution is -2.27. The van der Waals surface area contributed by atoms with Crippen LogP contribution in [0.4, 0.5) is 4.79 Å². The van der Waals surface area contributed by atoms with Crippen LogP contribution in [0.15, 0.2) is 59.5 Å². The molecule has 3 rings (SSSR count). The molecule has 5 heteroatoms. The number of carbonyl (C=O) groups excluding carboxylic acids is 2. The van der Waals surface area contributed by atoms with E-state index in [2.05, 4.69) is 0 Å². The first-order chi connectivity index (χ1) is 10.6. The molecule has 0 aromatic heterocycles. The van der Waals surface area contributed by atoms with Gasteiger partial charge in [0.2, 0.25) is 0 Å². The molecular formula is C17H12ClNO2S. The number of halogens is 1. The molecule has 0 atom stereocenters. The van der Waals surface area contributed by atoms with Gasteiger partial charge < -0.3 is 0 Å². The van der Waals surface area contributed by atoms with Gasteiger partial charge in [-0.15, -0.1) is 0 Å². The molecule has 2 aromatic carbocycles. The van der Waals surface area contributed by atoms with Crippen molar-refractivity contribution in [2.45, 2.75) is 6.54 Å². The number of hydrogen-bond acceptors (Lipinski definition) is 3. The molecule has 0 radical (unpaired) electrons. The Balaban J connectivity index is 1.80. The lowest BCUT2D eigenvalue weighted by Gasteiger charge is -2.12. The van der Waals surface area contributed by atoms with Crippen LogP contribution in [0.1, 0.15) is 11.1 Å². The molecule has 0 saturated carbocycles. The molecule has 0 N–H and O–H groups in total. The van der Waals surface area contributed by atoms with Crippen molar-refractivity contribution in [3.63, 3.8) is 0 Å². The maximum atomic E-state index is 12.4. The summed E-state index contributed by atoms with van der Waals surface area (Å²) in [5.41, 5.74) is 1.77. The molecule has 1 aliphatic heterocycles. The van der Waals surface area contributed by atoms with Crippen LogP contribution in [0.25, 0.3) is 6.08 Å². The standard InChI is InChI=1S/C17H12ClNO2S/c18-14-8-6-13(7-9-14)11-19-16(20)15(22-17(19)21)10-12-4-2-1-3-5-12/h1-10H,11H2. The number of carbonyl (C=O) groups is 2. The highest BCUT2D eigenvalue weighted by Crippen LogP contribution is 2.33. The van der Waals surface area contributed by atoms with Gasteiger partial charge in [0, 0.05) is 5.02 Å². The third kappa shape index (κ3) is 3.24. The molecule has 0 unspecified atom stereocenters. The molecule has 0 spiro atoms. The Hall–Kier alpha value is -2.04. The molecule has 22 heavy (non-hydrogen) atoms. The first-order valence-corrected chi connectivity index (χ1v) is 7.88. The van der Waals surface area contributed by atoms with Crippen LogP contribution in [-0.4, -0.2) is 16.0 Å². The molecule has 2 aromatic rings. The van der Waals surface area contributed by atoms with Gasteiger partial charge in [0.1, 0.15) is 0 Å². The second kappa shape index (κ2) is 6.38. The largest absolute Gasteiger partial charge is 0.293 e. The van der Waals surface area contributed by atoms with Crippen LogP contribution in [0.3, 0.4) is 0 Å². The van der Waals surface area contributed by atoms with Crippen LogP contribution in [0.2, 0.25) is 5.02 Å². The Kier molecular flexibility index (Phi) is 4.32. The van der Waals surface area contributed by atoms with Crippen molar-refractivity contribution in [1.82, 2.24) is 4.90 Å². The average molecular weight is 330 g/mol. The third-order valence-electron chi connectivity index (χ3n) is 3.22. The lowest BCUT2D eigenvalue weighted by molar-refractivity contribution is -0.123. The van der Waals surface area contributed by atoms with Gasteiger partial charge in [-0.25, -0.2) is 0 Å². The number of imide groups is 1. The summed E-state index contributed by atoms with van der Waals surface area (Å²) in [7, 11) is 0. The van der Waals surface area contributed by atoms with Gasteiger partial charge in [-0.3, -0.25) is 14.5 Å². The minimum atomic E-state index is -0.256. The van der Waals surface area contributed by atoms with E-state index in [0.717, 1.165) is 22.9 Å². The quantitative estimate of drug-likeness (QED) is 0.774. The Labute approximate surface area is 137 Å². The zero-order chi connectivity index (χ0) is 15.5. The van der Waals surface area contributed by atoms with E-state index in [0.29, 0.717) is 9.93 Å². The summed E-state index contributed by atoms with van der Waals surface area (Å²) in [6.45, 7) is 0.258. The number of amides is 2. The van der Waals surface area contributed by atoms with Crippen molar-refractivity contribution in [3.8, 4) is 0 Å². The Bertz CT molecular complexity index is 741. The van der Waals surface area contributed by atoms with Gasteiger partial charge in [-0.2, -0.15) is 0 Å². The Morgan fingerprint density at radius 2 is 1.68 bits per heavy atom. The highest BCUT2D eigenvalue weighted by molar-refractivity contribution is 8.18. The van der Waals surface area contributed by atoms with Crippen LogP contribution in [0, 0.1) is 0 Å². The summed E-state index contributed by atoms with van der Waals surface area (Å²) in [5.74, 6) is -0.256. The monoisotopic (exact) mass is 329 g/mol. The van der Waals surface area contributed by atoms with Gasteiger partial charge in [-0.1, -0.05) is 54.1 Å². The second-order valence-corrected chi connectivity index (χ2v) is 6.23. The molecule has 0 aliphatic carbocycles. The normalized spacial score (nSPS) is 16.6. The predicted molar refractivity (Wildman–Crippen MR) is 89.4 cm³/mol. The van der Waals surface area contributed by atoms with Crippen LogP contribution in [-0.2, 0) is 11.3 Å². The van der Waals surface area contributed by atoms with Crippen LogP contribution in [0.5, 0.6) is 0 Å². The van der Waals surface area contributed by atoms with E-state index in [1.807, 2.05) is 42.5 Å². The fourth-order valence-electron chi connectivity index (χ4n) is 2.11. The zero-order valence-electron chi connectivity index (χ0n) is 11.5. The highest BCUT2D eigenvalue weighted by atomic mass is 35.5. The molecule has 3 nitrogen and oxygen atoms in total. The van der Waals surface area contributed by atoms with Crippen molar-refractivity contribution in [2.24, 2.45) is 0 Å². The van der Waals surface area contributed by atoms with Crippen molar-refractivity contribution in [1.29, 1.82) is 0 Å². The van der Waals surface area contributed by atoms with Gasteiger partial charge in [0.05, 0.1) is 11.4 Å². The molecule has 110 valence electrons. The fraction of sp³-hybridized carbons (Fsp3) is 0.0588. The average Bonchev–Trinajstić information content (AvgIpc) is 2.78. The van der Waals surface area contributed by atoms with Gasteiger partial charge in [0.25, 0.3) is 11.1 Å². The molecular weight excluding hydrogens is 318 g/mol. The first kappa shape index (κ1) is 14.9. The summed E-state index contributed by atoms with van der Waals surface area (Å²) in [4.78, 5) is 26.1. The number of thioether (sulfide) groups is 1. The number of rotatable bonds is 3. The van der Waals surface area contributed by atoms with Crippen LogP contribution >= 0.6 is 23.4 Å². The Morgan fingerprint density at radius 3 is 2.36 bits per heavy atom. The van der Waals surface area contributed by atoms with E-state index < -0.39 is 0 Å². The Morgan fingerprint density at radius 1 is 1.00 bits per heavy atom. The number of benzene rings is 2. The minimum Gasteiger partial charge on any atom is -0.268 e. The van der Waals surface area contributed by atoms with E-state index in [-0.39, 0.29) is 17.7 Å². The summed E-state index contributed by atoms with van der Waals surface area (Å²) in [6.07, 6.45) is 1.74. The van der Waals surface area contributed by atoms with Gasteiger partial charge >= 0.3 is 0 Å². The maximum Gasteiger partial charge on any atom is 0.293 e. The maximum absolute atomic E-state index is 12.4. The zero-order valence-corrected chi connectivity index (χ0v) is 13.1. The minimum absolute atomic E-state index is 0.248. The predicted octanol–water partition coefficient (Wildman–Crippen LogP) is 4.58. The molecule has 1 aliphatic rings. The van der Waals surface area contributed by atoms with Gasteiger partial charge in [0.15, 0.2) is 0 Å². The molecule has 1 fully saturated rings. The summed E-state index contributed by atoms with van der Waals surface area (Å²) >= 11 is 6.81. The second-order valence-electron chi connectivity index (χ2n) is 4.81. The number of nitrogens with zero attached hydrogens (tertiary/aromatic N) is 1. The molecule has 0 bridgehead atoms. The van der Waals surface area contributed by atoms with Crippen LogP contribution < -0.4 is 0 Å². The van der Waals surface area contributed by atoms with Crippen molar-refractivity contribution < 1.29 is 9.59 Å². The van der Waals surface area contributed by atoms with E-state index in [1.165, 1.54) is 4.90 Å². The fourth-order valence-corrected chi connectivity index (χ4v) is 3.07. The third-order valence-corrected chi connectivity index (χ3v) is 4.38. The first-order valence-electron chi connectivity index (χ1n) is 6.68. The lowest BCUT2D eigenvalue weighted by atomic mass is 10.2. The van der Waals surface area contributed by atoms with E-state index >= 15 is 0 Å². The van der Waals surface area contributed by atoms with Crippen molar-refractivity contribution in [3.05, 3.63) is 75.7 Å². The van der Waals surface area contributed by atoms with Crippen molar-refractivity contribution in [2.75, 3.05) is 0 Å². The highest BCUT2D eigenvalue weighted by Gasteiger charge is 2.34. The smallest absolute Gasteiger partial charge is 0.268 e. The SMILES string of the molecule is O=C1SC(=Cc2ccccc2)C(=O)N1Cc1ccc(Cl)cc1. The van der Waals surface area contributed by atoms with E-state index in [1.54, 1.807) is 18.2 Å². The van der Waals surface area contributed by atoms with Gasteiger partial charge in [-0.05, 0) is 41.1 Å². The summed E-state index contributed by atoms with van der Waals surface area (Å²) in [5, 5.41) is 0.379. The van der Waals surface area contributed by atoms with Crippen molar-refractivity contribution >= 4 is 40.6 Å². The number of hydrogen-bond donors (Lipinski definition) is 0. The summed E-state index contributed by atoms with van der Waals surface area (Å²) in [6, 6.07) is 16.6.